The summed E-state index contributed by atoms with van der Waals surface area (Å²) in [7, 11) is 0. The largest absolute Gasteiger partial charge is 0.355 e. The minimum Gasteiger partial charge on any atom is -0.355 e. The molecule has 0 aromatic heterocycles. The highest BCUT2D eigenvalue weighted by Crippen LogP contribution is 1.97. The summed E-state index contributed by atoms with van der Waals surface area (Å²) < 4.78 is 0. The predicted octanol–water partition coefficient (Wildman–Crippen LogP) is 1.42. The molecule has 0 saturated carbocycles. The van der Waals surface area contributed by atoms with Crippen LogP contribution in [0.15, 0.2) is 36.0 Å². The van der Waals surface area contributed by atoms with Crippen molar-refractivity contribution in [3.8, 4) is 12.3 Å². The summed E-state index contributed by atoms with van der Waals surface area (Å²) in [6, 6.07) is 0. The molecule has 2 nitrogen and oxygen atoms in total. The molecule has 0 aliphatic rings. The van der Waals surface area contributed by atoms with E-state index in [2.05, 4.69) is 17.8 Å². The van der Waals surface area contributed by atoms with Crippen LogP contribution in [0.25, 0.3) is 0 Å². The molecule has 0 bridgehead atoms. The minimum atomic E-state index is 0.446. The van der Waals surface area contributed by atoms with Gasteiger partial charge in [0.25, 0.3) is 0 Å². The first-order chi connectivity index (χ1) is 6.24. The van der Waals surface area contributed by atoms with Crippen molar-refractivity contribution in [1.82, 2.24) is 5.32 Å². The summed E-state index contributed by atoms with van der Waals surface area (Å²) in [4.78, 5) is 9.94. The third kappa shape index (κ3) is 5.51. The molecule has 0 fully saturated rings. The number of hydrogen-bond acceptors (Lipinski definition) is 1. The van der Waals surface area contributed by atoms with Crippen molar-refractivity contribution < 1.29 is 4.79 Å². The van der Waals surface area contributed by atoms with Crippen molar-refractivity contribution in [2.24, 2.45) is 0 Å². The molecule has 0 saturated heterocycles. The first-order valence-electron chi connectivity index (χ1n) is 3.90. The molecular weight excluding hydrogens is 162 g/mol. The van der Waals surface area contributed by atoms with E-state index in [1.165, 1.54) is 0 Å². The van der Waals surface area contributed by atoms with Crippen molar-refractivity contribution in [3.63, 3.8) is 0 Å². The molecule has 2 heteroatoms. The standard InChI is InChI=1S/C11H13NO/c1-4-11(5-2)7-6-10(3)8-12-9-13/h1,5-7,9H,3,8H2,2H3,(H,12,13)/b7-6-,11-5-. The van der Waals surface area contributed by atoms with E-state index < -0.39 is 0 Å². The lowest BCUT2D eigenvalue weighted by molar-refractivity contribution is -0.109. The van der Waals surface area contributed by atoms with Gasteiger partial charge in [0, 0.05) is 12.1 Å². The monoisotopic (exact) mass is 175 g/mol. The van der Waals surface area contributed by atoms with Gasteiger partial charge >= 0.3 is 0 Å². The highest BCUT2D eigenvalue weighted by Gasteiger charge is 1.87. The first kappa shape index (κ1) is 11.2. The van der Waals surface area contributed by atoms with Crippen molar-refractivity contribution in [1.29, 1.82) is 0 Å². The van der Waals surface area contributed by atoms with Crippen molar-refractivity contribution >= 4 is 6.41 Å². The highest BCUT2D eigenvalue weighted by molar-refractivity contribution is 5.47. The molecule has 1 amide bonds. The van der Waals surface area contributed by atoms with Crippen LogP contribution < -0.4 is 5.32 Å². The molecule has 0 aliphatic carbocycles. The molecular formula is C11H13NO. The molecule has 13 heavy (non-hydrogen) atoms. The van der Waals surface area contributed by atoms with Crippen LogP contribution in [0.2, 0.25) is 0 Å². The Balaban J connectivity index is 4.05. The molecule has 0 rings (SSSR count). The number of rotatable bonds is 5. The molecule has 0 aliphatic heterocycles. The Hall–Kier alpha value is -1.75. The van der Waals surface area contributed by atoms with Gasteiger partial charge in [-0.3, -0.25) is 4.79 Å². The Morgan fingerprint density at radius 1 is 1.62 bits per heavy atom. The molecule has 0 aromatic rings. The van der Waals surface area contributed by atoms with E-state index >= 15 is 0 Å². The summed E-state index contributed by atoms with van der Waals surface area (Å²) in [5.74, 6) is 2.51. The maximum atomic E-state index is 9.94. The second-order valence-corrected chi connectivity index (χ2v) is 2.38. The molecule has 0 atom stereocenters. The van der Waals surface area contributed by atoms with Gasteiger partial charge in [0.1, 0.15) is 0 Å². The zero-order chi connectivity index (χ0) is 10.1. The molecule has 1 N–H and O–H groups in total. The lowest BCUT2D eigenvalue weighted by Crippen LogP contribution is -2.12. The summed E-state index contributed by atoms with van der Waals surface area (Å²) in [6.07, 6.45) is 11.2. The fraction of sp³-hybridized carbons (Fsp3) is 0.182. The fourth-order valence-corrected chi connectivity index (χ4v) is 0.667. The highest BCUT2D eigenvalue weighted by atomic mass is 16.1. The quantitative estimate of drug-likeness (QED) is 0.382. The second kappa shape index (κ2) is 6.93. The van der Waals surface area contributed by atoms with Crippen LogP contribution in [-0.4, -0.2) is 13.0 Å². The fourth-order valence-electron chi connectivity index (χ4n) is 0.667. The van der Waals surface area contributed by atoms with Gasteiger partial charge in [0.2, 0.25) is 6.41 Å². The van der Waals surface area contributed by atoms with Crippen LogP contribution in [0, 0.1) is 12.3 Å². The molecule has 68 valence electrons. The van der Waals surface area contributed by atoms with Crippen molar-refractivity contribution in [2.45, 2.75) is 6.92 Å². The van der Waals surface area contributed by atoms with E-state index in [-0.39, 0.29) is 0 Å². The molecule has 0 heterocycles. The second-order valence-electron chi connectivity index (χ2n) is 2.38. The third-order valence-corrected chi connectivity index (χ3v) is 1.39. The number of terminal acetylenes is 1. The van der Waals surface area contributed by atoms with Crippen LogP contribution in [-0.2, 0) is 4.79 Å². The van der Waals surface area contributed by atoms with Crippen LogP contribution in [0.3, 0.4) is 0 Å². The van der Waals surface area contributed by atoms with Crippen molar-refractivity contribution in [2.75, 3.05) is 6.54 Å². The lowest BCUT2D eigenvalue weighted by atomic mass is 10.2. The number of amides is 1. The Labute approximate surface area is 79.0 Å². The summed E-state index contributed by atoms with van der Waals surface area (Å²) in [6.45, 7) is 6.04. The maximum absolute atomic E-state index is 9.94. The van der Waals surface area contributed by atoms with Crippen LogP contribution >= 0.6 is 0 Å². The maximum Gasteiger partial charge on any atom is 0.207 e. The summed E-state index contributed by atoms with van der Waals surface area (Å²) in [5, 5.41) is 2.51. The zero-order valence-electron chi connectivity index (χ0n) is 7.71. The summed E-state index contributed by atoms with van der Waals surface area (Å²) >= 11 is 0. The lowest BCUT2D eigenvalue weighted by Gasteiger charge is -1.96. The van der Waals surface area contributed by atoms with Crippen LogP contribution in [0.4, 0.5) is 0 Å². The molecule has 0 radical (unpaired) electrons. The van der Waals surface area contributed by atoms with E-state index in [4.69, 9.17) is 6.42 Å². The zero-order valence-corrected chi connectivity index (χ0v) is 7.71. The van der Waals surface area contributed by atoms with E-state index in [1.54, 1.807) is 12.2 Å². The number of hydrogen-bond donors (Lipinski definition) is 1. The third-order valence-electron chi connectivity index (χ3n) is 1.39. The number of allylic oxidation sites excluding steroid dienone is 3. The van der Waals surface area contributed by atoms with E-state index in [0.717, 1.165) is 11.1 Å². The van der Waals surface area contributed by atoms with E-state index in [1.807, 2.05) is 13.0 Å². The van der Waals surface area contributed by atoms with E-state index in [0.29, 0.717) is 13.0 Å². The van der Waals surface area contributed by atoms with Gasteiger partial charge in [-0.05, 0) is 18.6 Å². The van der Waals surface area contributed by atoms with Gasteiger partial charge in [-0.25, -0.2) is 0 Å². The predicted molar refractivity (Wildman–Crippen MR) is 54.9 cm³/mol. The minimum absolute atomic E-state index is 0.446. The Bertz CT molecular complexity index is 279. The Kier molecular flexibility index (Phi) is 6.00. The van der Waals surface area contributed by atoms with Gasteiger partial charge in [-0.1, -0.05) is 24.7 Å². The van der Waals surface area contributed by atoms with Gasteiger partial charge < -0.3 is 5.32 Å². The Morgan fingerprint density at radius 2 is 2.31 bits per heavy atom. The number of carbonyl (C=O) groups excluding carboxylic acids is 1. The van der Waals surface area contributed by atoms with Crippen LogP contribution in [0.5, 0.6) is 0 Å². The first-order valence-corrected chi connectivity index (χ1v) is 3.90. The molecule has 0 aromatic carbocycles. The number of carbonyl (C=O) groups is 1. The normalized spacial score (nSPS) is 10.9. The van der Waals surface area contributed by atoms with Crippen LogP contribution in [0.1, 0.15) is 6.92 Å². The van der Waals surface area contributed by atoms with Gasteiger partial charge in [-0.2, -0.15) is 0 Å². The van der Waals surface area contributed by atoms with Gasteiger partial charge in [0.05, 0.1) is 0 Å². The smallest absolute Gasteiger partial charge is 0.207 e. The van der Waals surface area contributed by atoms with Gasteiger partial charge in [0.15, 0.2) is 0 Å². The molecule has 0 spiro atoms. The molecule has 0 unspecified atom stereocenters. The Morgan fingerprint density at radius 3 is 2.77 bits per heavy atom. The SMILES string of the molecule is C#CC(/C=C\C(=C)CNC=O)=C/C. The van der Waals surface area contributed by atoms with Crippen molar-refractivity contribution in [3.05, 3.63) is 36.0 Å². The number of nitrogens with one attached hydrogen (secondary N) is 1. The van der Waals surface area contributed by atoms with Gasteiger partial charge in [-0.15, -0.1) is 6.42 Å². The average Bonchev–Trinajstić information content (AvgIpc) is 2.16. The van der Waals surface area contributed by atoms with E-state index in [9.17, 15) is 4.79 Å². The topological polar surface area (TPSA) is 29.1 Å². The average molecular weight is 175 g/mol. The summed E-state index contributed by atoms with van der Waals surface area (Å²) in [5.41, 5.74) is 1.61.